The summed E-state index contributed by atoms with van der Waals surface area (Å²) in [6, 6.07) is 0. The van der Waals surface area contributed by atoms with Crippen LogP contribution in [0.15, 0.2) is 12.5 Å². The zero-order valence-electron chi connectivity index (χ0n) is 8.27. The molecule has 15 heavy (non-hydrogen) atoms. The molecule has 0 saturated carbocycles. The van der Waals surface area contributed by atoms with E-state index < -0.39 is 0 Å². The number of halogens is 1. The first-order valence-corrected chi connectivity index (χ1v) is 4.88. The van der Waals surface area contributed by atoms with Gasteiger partial charge >= 0.3 is 0 Å². The molecule has 2 rings (SSSR count). The molecule has 0 saturated heterocycles. The Hall–Kier alpha value is -1.17. The van der Waals surface area contributed by atoms with Crippen molar-refractivity contribution in [2.45, 2.75) is 6.42 Å². The number of aromatic nitrogens is 3. The first kappa shape index (κ1) is 10.4. The van der Waals surface area contributed by atoms with E-state index in [2.05, 4.69) is 14.8 Å². The lowest BCUT2D eigenvalue weighted by Gasteiger charge is -1.98. The summed E-state index contributed by atoms with van der Waals surface area (Å²) in [7, 11) is 1.92. The summed E-state index contributed by atoms with van der Waals surface area (Å²) in [5, 5.41) is 1.34. The number of aryl methyl sites for hydroxylation is 1. The van der Waals surface area contributed by atoms with Crippen molar-refractivity contribution in [3.8, 4) is 0 Å². The van der Waals surface area contributed by atoms with E-state index >= 15 is 0 Å². The van der Waals surface area contributed by atoms with Crippen molar-refractivity contribution in [1.29, 1.82) is 0 Å². The normalized spacial score (nSPS) is 11.1. The molecule has 0 atom stereocenters. The predicted octanol–water partition coefficient (Wildman–Crippen LogP) is 1.05. The fraction of sp³-hybridized carbons (Fsp3) is 0.333. The van der Waals surface area contributed by atoms with Gasteiger partial charge in [0.25, 0.3) is 0 Å². The fourth-order valence-corrected chi connectivity index (χ4v) is 1.87. The van der Waals surface area contributed by atoms with E-state index in [1.54, 1.807) is 0 Å². The quantitative estimate of drug-likeness (QED) is 0.628. The minimum absolute atomic E-state index is 0.449. The average molecular weight is 227 g/mol. The molecule has 6 heteroatoms. The predicted molar refractivity (Wildman–Crippen MR) is 57.4 cm³/mol. The zero-order chi connectivity index (χ0) is 10.8. The van der Waals surface area contributed by atoms with Crippen LogP contribution in [0.3, 0.4) is 0 Å². The SMILES string of the molecule is Cn1cc(CCON)c2c(Cl)ncnc21. The van der Waals surface area contributed by atoms with Crippen molar-refractivity contribution < 1.29 is 4.84 Å². The Kier molecular flexibility index (Phi) is 2.86. The number of rotatable bonds is 3. The molecular weight excluding hydrogens is 216 g/mol. The Bertz CT molecular complexity index is 482. The van der Waals surface area contributed by atoms with Gasteiger partial charge in [0.1, 0.15) is 17.1 Å². The first-order chi connectivity index (χ1) is 7.24. The van der Waals surface area contributed by atoms with Crippen LogP contribution >= 0.6 is 11.6 Å². The van der Waals surface area contributed by atoms with Crippen LogP contribution < -0.4 is 5.90 Å². The molecule has 2 aromatic rings. The molecule has 80 valence electrons. The minimum atomic E-state index is 0.449. The highest BCUT2D eigenvalue weighted by atomic mass is 35.5. The molecule has 0 fully saturated rings. The van der Waals surface area contributed by atoms with Gasteiger partial charge in [-0.05, 0) is 5.56 Å². The van der Waals surface area contributed by atoms with E-state index in [0.717, 1.165) is 16.6 Å². The summed E-state index contributed by atoms with van der Waals surface area (Å²) in [5.74, 6) is 4.99. The van der Waals surface area contributed by atoms with E-state index in [4.69, 9.17) is 17.5 Å². The molecule has 0 amide bonds. The summed E-state index contributed by atoms with van der Waals surface area (Å²) in [5.41, 5.74) is 1.87. The third-order valence-electron chi connectivity index (χ3n) is 2.27. The van der Waals surface area contributed by atoms with E-state index in [9.17, 15) is 0 Å². The summed E-state index contributed by atoms with van der Waals surface area (Å²) < 4.78 is 1.91. The van der Waals surface area contributed by atoms with E-state index in [0.29, 0.717) is 18.2 Å². The molecule has 0 aliphatic carbocycles. The Morgan fingerprint density at radius 2 is 2.33 bits per heavy atom. The van der Waals surface area contributed by atoms with Gasteiger partial charge in [0.05, 0.1) is 12.0 Å². The van der Waals surface area contributed by atoms with Gasteiger partial charge in [0.15, 0.2) is 0 Å². The number of nitrogens with two attached hydrogens (primary N) is 1. The minimum Gasteiger partial charge on any atom is -0.335 e. The monoisotopic (exact) mass is 226 g/mol. The maximum absolute atomic E-state index is 6.02. The van der Waals surface area contributed by atoms with Gasteiger partial charge in [0.2, 0.25) is 0 Å². The molecular formula is C9H11ClN4O. The first-order valence-electron chi connectivity index (χ1n) is 4.50. The topological polar surface area (TPSA) is 66.0 Å². The second-order valence-electron chi connectivity index (χ2n) is 3.25. The number of nitrogens with zero attached hydrogens (tertiary/aromatic N) is 3. The third-order valence-corrected chi connectivity index (χ3v) is 2.56. The maximum atomic E-state index is 6.02. The van der Waals surface area contributed by atoms with Crippen molar-refractivity contribution in [2.75, 3.05) is 6.61 Å². The van der Waals surface area contributed by atoms with Crippen molar-refractivity contribution in [3.63, 3.8) is 0 Å². The van der Waals surface area contributed by atoms with Crippen molar-refractivity contribution >= 4 is 22.6 Å². The molecule has 0 aliphatic heterocycles. The number of fused-ring (bicyclic) bond motifs is 1. The van der Waals surface area contributed by atoms with E-state index in [-0.39, 0.29) is 0 Å². The van der Waals surface area contributed by atoms with Crippen LogP contribution in [-0.2, 0) is 18.3 Å². The van der Waals surface area contributed by atoms with Crippen LogP contribution in [-0.4, -0.2) is 21.1 Å². The van der Waals surface area contributed by atoms with Gasteiger partial charge in [-0.3, -0.25) is 0 Å². The molecule has 2 heterocycles. The van der Waals surface area contributed by atoms with Crippen molar-refractivity contribution in [3.05, 3.63) is 23.2 Å². The lowest BCUT2D eigenvalue weighted by atomic mass is 10.2. The Morgan fingerprint density at radius 3 is 3.07 bits per heavy atom. The molecule has 0 bridgehead atoms. The molecule has 0 aromatic carbocycles. The highest BCUT2D eigenvalue weighted by Gasteiger charge is 2.11. The molecule has 2 N–H and O–H groups in total. The highest BCUT2D eigenvalue weighted by Crippen LogP contribution is 2.24. The van der Waals surface area contributed by atoms with Crippen LogP contribution in [0.2, 0.25) is 5.15 Å². The molecule has 0 aliphatic rings. The van der Waals surface area contributed by atoms with Gasteiger partial charge in [-0.15, -0.1) is 0 Å². The Labute approximate surface area is 91.8 Å². The summed E-state index contributed by atoms with van der Waals surface area (Å²) >= 11 is 6.02. The van der Waals surface area contributed by atoms with Gasteiger partial charge in [-0.25, -0.2) is 15.9 Å². The second kappa shape index (κ2) is 4.14. The van der Waals surface area contributed by atoms with Crippen molar-refractivity contribution in [2.24, 2.45) is 12.9 Å². The smallest absolute Gasteiger partial charge is 0.144 e. The lowest BCUT2D eigenvalue weighted by molar-refractivity contribution is 0.141. The fourth-order valence-electron chi connectivity index (χ4n) is 1.62. The molecule has 0 radical (unpaired) electrons. The zero-order valence-corrected chi connectivity index (χ0v) is 9.03. The van der Waals surface area contributed by atoms with Crippen molar-refractivity contribution in [1.82, 2.24) is 14.5 Å². The van der Waals surface area contributed by atoms with E-state index in [1.807, 2.05) is 17.8 Å². The summed E-state index contributed by atoms with van der Waals surface area (Å²) in [4.78, 5) is 12.7. The Balaban J connectivity index is 2.54. The van der Waals surface area contributed by atoms with Crippen LogP contribution in [0.4, 0.5) is 0 Å². The maximum Gasteiger partial charge on any atom is 0.144 e. The Morgan fingerprint density at radius 1 is 1.53 bits per heavy atom. The standard InChI is InChI=1S/C9H11ClN4O/c1-14-4-6(2-3-15-11)7-8(10)12-5-13-9(7)14/h4-5H,2-3,11H2,1H3. The molecule has 2 aromatic heterocycles. The molecule has 5 nitrogen and oxygen atoms in total. The van der Waals surface area contributed by atoms with Gasteiger partial charge < -0.3 is 9.40 Å². The van der Waals surface area contributed by atoms with Crippen LogP contribution in [0.1, 0.15) is 5.56 Å². The number of hydrogen-bond donors (Lipinski definition) is 1. The average Bonchev–Trinajstić information content (AvgIpc) is 2.55. The van der Waals surface area contributed by atoms with Gasteiger partial charge in [0, 0.05) is 19.7 Å². The molecule has 0 spiro atoms. The van der Waals surface area contributed by atoms with Crippen LogP contribution in [0.5, 0.6) is 0 Å². The second-order valence-corrected chi connectivity index (χ2v) is 3.61. The number of hydrogen-bond acceptors (Lipinski definition) is 4. The lowest BCUT2D eigenvalue weighted by Crippen LogP contribution is -2.03. The van der Waals surface area contributed by atoms with Gasteiger partial charge in [-0.2, -0.15) is 0 Å². The summed E-state index contributed by atoms with van der Waals surface area (Å²) in [6.07, 6.45) is 4.11. The summed E-state index contributed by atoms with van der Waals surface area (Å²) in [6.45, 7) is 0.449. The molecule has 0 unspecified atom stereocenters. The van der Waals surface area contributed by atoms with Crippen LogP contribution in [0.25, 0.3) is 11.0 Å². The van der Waals surface area contributed by atoms with E-state index in [1.165, 1.54) is 6.33 Å². The highest BCUT2D eigenvalue weighted by molar-refractivity contribution is 6.34. The largest absolute Gasteiger partial charge is 0.335 e. The van der Waals surface area contributed by atoms with Crippen LogP contribution in [0, 0.1) is 0 Å². The van der Waals surface area contributed by atoms with Gasteiger partial charge in [-0.1, -0.05) is 11.6 Å². The third kappa shape index (κ3) is 1.81.